The Bertz CT molecular complexity index is 1380. The van der Waals surface area contributed by atoms with Crippen molar-refractivity contribution in [2.24, 2.45) is 0 Å². The number of hydrogen-bond donors (Lipinski definition) is 1. The first-order valence-electron chi connectivity index (χ1n) is 11.7. The molecule has 4 aromatic rings. The molecule has 2 amide bonds. The fraction of sp³-hybridized carbons (Fsp3) is 0.179. The average molecular weight is 562 g/mol. The van der Waals surface area contributed by atoms with Gasteiger partial charge in [0.25, 0.3) is 5.91 Å². The van der Waals surface area contributed by atoms with Crippen LogP contribution in [0.3, 0.4) is 0 Å². The highest BCUT2D eigenvalue weighted by Crippen LogP contribution is 2.26. The van der Waals surface area contributed by atoms with E-state index in [2.05, 4.69) is 31.1 Å². The minimum Gasteiger partial charge on any atom is -0.368 e. The summed E-state index contributed by atoms with van der Waals surface area (Å²) in [5, 5.41) is 4.05. The number of halogens is 1. The lowest BCUT2D eigenvalue weighted by molar-refractivity contribution is -0.113. The molecule has 1 aromatic heterocycles. The van der Waals surface area contributed by atoms with Crippen LogP contribution in [0.4, 0.5) is 11.4 Å². The molecule has 2 heterocycles. The smallest absolute Gasteiger partial charge is 0.254 e. The number of nitrogens with zero attached hydrogens (tertiary/aromatic N) is 3. The van der Waals surface area contributed by atoms with Crippen LogP contribution in [0.15, 0.2) is 94.4 Å². The van der Waals surface area contributed by atoms with E-state index in [0.717, 1.165) is 44.7 Å². The molecule has 1 saturated heterocycles. The van der Waals surface area contributed by atoms with E-state index < -0.39 is 0 Å². The van der Waals surface area contributed by atoms with Crippen molar-refractivity contribution in [3.05, 3.63) is 95.1 Å². The third kappa shape index (κ3) is 5.71. The first-order chi connectivity index (χ1) is 17.6. The maximum Gasteiger partial charge on any atom is 0.254 e. The molecule has 5 rings (SSSR count). The van der Waals surface area contributed by atoms with E-state index in [1.54, 1.807) is 6.20 Å². The van der Waals surface area contributed by atoms with E-state index in [1.807, 2.05) is 83.8 Å². The Morgan fingerprint density at radius 1 is 0.917 bits per heavy atom. The first-order valence-corrected chi connectivity index (χ1v) is 13.5. The Hall–Kier alpha value is -3.36. The molecule has 0 spiro atoms. The summed E-state index contributed by atoms with van der Waals surface area (Å²) in [6.45, 7) is 2.87. The number of piperazine rings is 1. The van der Waals surface area contributed by atoms with Crippen LogP contribution in [0.1, 0.15) is 10.4 Å². The molecule has 8 heteroatoms. The topological polar surface area (TPSA) is 65.5 Å². The molecule has 6 nitrogen and oxygen atoms in total. The number of hydrogen-bond acceptors (Lipinski definition) is 5. The molecule has 1 fully saturated rings. The molecule has 1 N–H and O–H groups in total. The highest BCUT2D eigenvalue weighted by molar-refractivity contribution is 9.10. The lowest BCUT2D eigenvalue weighted by Gasteiger charge is -2.36. The molecular weight excluding hydrogens is 536 g/mol. The minimum absolute atomic E-state index is 0.0552. The average Bonchev–Trinajstić information content (AvgIpc) is 2.92. The molecule has 0 saturated carbocycles. The number of benzene rings is 3. The number of carbonyl (C=O) groups is 2. The number of para-hydroxylation sites is 1. The summed E-state index contributed by atoms with van der Waals surface area (Å²) in [7, 11) is 0. The second kappa shape index (κ2) is 11.1. The molecule has 0 unspecified atom stereocenters. The van der Waals surface area contributed by atoms with E-state index in [1.165, 1.54) is 11.8 Å². The highest BCUT2D eigenvalue weighted by atomic mass is 79.9. The molecular formula is C28H25BrN4O2S. The van der Waals surface area contributed by atoms with Crippen LogP contribution in [-0.2, 0) is 4.79 Å². The zero-order chi connectivity index (χ0) is 24.9. The van der Waals surface area contributed by atoms with Gasteiger partial charge >= 0.3 is 0 Å². The zero-order valence-electron chi connectivity index (χ0n) is 19.6. The van der Waals surface area contributed by atoms with Crippen molar-refractivity contribution in [3.8, 4) is 0 Å². The van der Waals surface area contributed by atoms with Crippen LogP contribution in [0.5, 0.6) is 0 Å². The number of rotatable bonds is 6. The van der Waals surface area contributed by atoms with Gasteiger partial charge in [-0.25, -0.2) is 0 Å². The predicted molar refractivity (Wildman–Crippen MR) is 150 cm³/mol. The van der Waals surface area contributed by atoms with Crippen molar-refractivity contribution >= 4 is 61.8 Å². The van der Waals surface area contributed by atoms with Crippen molar-refractivity contribution in [2.45, 2.75) is 4.90 Å². The number of aromatic nitrogens is 1. The summed E-state index contributed by atoms with van der Waals surface area (Å²) in [5.74, 6) is 0.317. The minimum atomic E-state index is -0.0552. The lowest BCUT2D eigenvalue weighted by atomic mass is 10.1. The maximum absolute atomic E-state index is 12.8. The molecule has 1 aliphatic heterocycles. The zero-order valence-corrected chi connectivity index (χ0v) is 22.0. The molecule has 0 radical (unpaired) electrons. The monoisotopic (exact) mass is 560 g/mol. The van der Waals surface area contributed by atoms with Crippen LogP contribution in [0.2, 0.25) is 0 Å². The molecule has 36 heavy (non-hydrogen) atoms. The number of carbonyl (C=O) groups excluding carboxylic acids is 2. The molecule has 0 atom stereocenters. The van der Waals surface area contributed by atoms with E-state index in [0.29, 0.717) is 24.4 Å². The molecule has 3 aromatic carbocycles. The van der Waals surface area contributed by atoms with E-state index >= 15 is 0 Å². The van der Waals surface area contributed by atoms with Gasteiger partial charge in [-0.2, -0.15) is 0 Å². The van der Waals surface area contributed by atoms with Crippen LogP contribution >= 0.6 is 27.7 Å². The first kappa shape index (κ1) is 24.3. The number of thioether (sulfide) groups is 1. The van der Waals surface area contributed by atoms with Crippen molar-refractivity contribution < 1.29 is 9.59 Å². The summed E-state index contributed by atoms with van der Waals surface area (Å²) < 4.78 is 0.906. The van der Waals surface area contributed by atoms with Crippen molar-refractivity contribution in [1.82, 2.24) is 9.88 Å². The standard InChI is InChI=1S/C28H25BrN4O2S/c29-22-7-1-5-21(18-22)28(35)33-16-14-32(15-17-33)24-11-9-23(10-12-24)31-26(34)19-36-25-8-2-4-20-6-3-13-30-27(20)25/h1-13,18H,14-17,19H2,(H,31,34). The van der Waals surface area contributed by atoms with Gasteiger partial charge in [0, 0.05) is 64.1 Å². The molecule has 0 aliphatic carbocycles. The number of anilines is 2. The van der Waals surface area contributed by atoms with Gasteiger partial charge in [0.15, 0.2) is 0 Å². The molecule has 1 aliphatic rings. The number of nitrogens with one attached hydrogen (secondary N) is 1. The second-order valence-corrected chi connectivity index (χ2v) is 10.4. The van der Waals surface area contributed by atoms with Crippen molar-refractivity contribution in [3.63, 3.8) is 0 Å². The van der Waals surface area contributed by atoms with Crippen molar-refractivity contribution in [2.75, 3.05) is 42.1 Å². The van der Waals surface area contributed by atoms with Crippen LogP contribution < -0.4 is 10.2 Å². The third-order valence-corrected chi connectivity index (χ3v) is 7.65. The maximum atomic E-state index is 12.8. The van der Waals surface area contributed by atoms with Gasteiger partial charge in [-0.1, -0.05) is 40.2 Å². The third-order valence-electron chi connectivity index (χ3n) is 6.11. The van der Waals surface area contributed by atoms with Gasteiger partial charge in [0.05, 0.1) is 11.3 Å². The summed E-state index contributed by atoms with van der Waals surface area (Å²) in [6.07, 6.45) is 1.77. The fourth-order valence-corrected chi connectivity index (χ4v) is 5.50. The largest absolute Gasteiger partial charge is 0.368 e. The summed E-state index contributed by atoms with van der Waals surface area (Å²) in [5.41, 5.74) is 3.47. The van der Waals surface area contributed by atoms with E-state index in [4.69, 9.17) is 0 Å². The Balaban J connectivity index is 1.12. The Kier molecular flexibility index (Phi) is 7.53. The summed E-state index contributed by atoms with van der Waals surface area (Å²) >= 11 is 4.92. The van der Waals surface area contributed by atoms with E-state index in [9.17, 15) is 9.59 Å². The van der Waals surface area contributed by atoms with Gasteiger partial charge in [-0.15, -0.1) is 11.8 Å². The quantitative estimate of drug-likeness (QED) is 0.307. The summed E-state index contributed by atoms with van der Waals surface area (Å²) in [4.78, 5) is 34.9. The van der Waals surface area contributed by atoms with Crippen LogP contribution in [-0.4, -0.2) is 53.6 Å². The predicted octanol–water partition coefficient (Wildman–Crippen LogP) is 5.69. The van der Waals surface area contributed by atoms with Gasteiger partial charge in [-0.05, 0) is 54.6 Å². The Morgan fingerprint density at radius 3 is 2.44 bits per heavy atom. The number of pyridine rings is 1. The fourth-order valence-electron chi connectivity index (χ4n) is 4.26. The van der Waals surface area contributed by atoms with Crippen LogP contribution in [0, 0.1) is 0 Å². The molecule has 0 bridgehead atoms. The second-order valence-electron chi connectivity index (χ2n) is 8.50. The summed E-state index contributed by atoms with van der Waals surface area (Å²) in [6, 6.07) is 25.3. The SMILES string of the molecule is O=C(CSc1cccc2cccnc12)Nc1ccc(N2CCN(C(=O)c3cccc(Br)c3)CC2)cc1. The number of amides is 2. The van der Waals surface area contributed by atoms with Gasteiger partial charge < -0.3 is 15.1 Å². The lowest BCUT2D eigenvalue weighted by Crippen LogP contribution is -2.48. The van der Waals surface area contributed by atoms with Gasteiger partial charge in [0.2, 0.25) is 5.91 Å². The van der Waals surface area contributed by atoms with E-state index in [-0.39, 0.29) is 11.8 Å². The molecule has 182 valence electrons. The van der Waals surface area contributed by atoms with Gasteiger partial charge in [0.1, 0.15) is 0 Å². The van der Waals surface area contributed by atoms with Crippen molar-refractivity contribution in [1.29, 1.82) is 0 Å². The Morgan fingerprint density at radius 2 is 1.67 bits per heavy atom. The van der Waals surface area contributed by atoms with Crippen LogP contribution in [0.25, 0.3) is 10.9 Å². The number of fused-ring (bicyclic) bond motifs is 1. The highest BCUT2D eigenvalue weighted by Gasteiger charge is 2.22. The van der Waals surface area contributed by atoms with Gasteiger partial charge in [-0.3, -0.25) is 14.6 Å². The normalized spacial score (nSPS) is 13.6. The Labute approximate surface area is 222 Å².